The molecule has 2 rings (SSSR count). The fraction of sp³-hybridized carbons (Fsp3) is 0.917. The summed E-state index contributed by atoms with van der Waals surface area (Å²) >= 11 is 0. The van der Waals surface area contributed by atoms with E-state index < -0.39 is 0 Å². The van der Waals surface area contributed by atoms with Crippen molar-refractivity contribution in [2.45, 2.75) is 64.1 Å². The van der Waals surface area contributed by atoms with E-state index in [-0.39, 0.29) is 0 Å². The van der Waals surface area contributed by atoms with E-state index in [0.29, 0.717) is 18.0 Å². The molecule has 2 aliphatic rings. The van der Waals surface area contributed by atoms with Crippen LogP contribution in [0.4, 0.5) is 0 Å². The van der Waals surface area contributed by atoms with Crippen LogP contribution >= 0.6 is 0 Å². The predicted molar refractivity (Wildman–Crippen MR) is 57.2 cm³/mol. The van der Waals surface area contributed by atoms with Gasteiger partial charge in [-0.25, -0.2) is 0 Å². The highest BCUT2D eigenvalue weighted by atomic mass is 16.1. The molecule has 14 heavy (non-hydrogen) atoms. The summed E-state index contributed by atoms with van der Waals surface area (Å²) in [5.41, 5.74) is 0. The Morgan fingerprint density at radius 2 is 1.71 bits per heavy atom. The topological polar surface area (TPSA) is 20.3 Å². The average molecular weight is 195 g/mol. The van der Waals surface area contributed by atoms with Crippen molar-refractivity contribution in [2.75, 3.05) is 0 Å². The van der Waals surface area contributed by atoms with Crippen molar-refractivity contribution < 1.29 is 4.79 Å². The lowest BCUT2D eigenvalue weighted by molar-refractivity contribution is -0.114. The molecule has 1 aliphatic carbocycles. The lowest BCUT2D eigenvalue weighted by Gasteiger charge is -2.49. The van der Waals surface area contributed by atoms with Gasteiger partial charge in [-0.05, 0) is 39.5 Å². The summed E-state index contributed by atoms with van der Waals surface area (Å²) in [4.78, 5) is 13.4. The molecule has 0 N–H and O–H groups in total. The van der Waals surface area contributed by atoms with Crippen LogP contribution in [0.25, 0.3) is 0 Å². The molecule has 1 saturated heterocycles. The molecular formula is C12H21NO. The molecule has 2 heteroatoms. The summed E-state index contributed by atoms with van der Waals surface area (Å²) in [6.45, 7) is 4.56. The van der Waals surface area contributed by atoms with Crippen LogP contribution in [0.5, 0.6) is 0 Å². The van der Waals surface area contributed by atoms with Crippen LogP contribution in [-0.2, 0) is 4.79 Å². The van der Waals surface area contributed by atoms with Gasteiger partial charge >= 0.3 is 0 Å². The molecule has 0 aromatic heterocycles. The van der Waals surface area contributed by atoms with Gasteiger partial charge in [0.15, 0.2) is 0 Å². The molecule has 0 aromatic carbocycles. The maximum absolute atomic E-state index is 10.8. The van der Waals surface area contributed by atoms with Crippen molar-refractivity contribution >= 4 is 6.29 Å². The van der Waals surface area contributed by atoms with Gasteiger partial charge in [0, 0.05) is 24.0 Å². The van der Waals surface area contributed by atoms with Gasteiger partial charge in [0.1, 0.15) is 6.29 Å². The Morgan fingerprint density at radius 3 is 2.07 bits per heavy atom. The smallest absolute Gasteiger partial charge is 0.123 e. The molecule has 1 saturated carbocycles. The first-order chi connectivity index (χ1) is 6.72. The van der Waals surface area contributed by atoms with E-state index in [9.17, 15) is 4.79 Å². The van der Waals surface area contributed by atoms with Crippen LogP contribution in [0.2, 0.25) is 0 Å². The van der Waals surface area contributed by atoms with Gasteiger partial charge in [0.25, 0.3) is 0 Å². The van der Waals surface area contributed by atoms with Crippen molar-refractivity contribution in [3.8, 4) is 0 Å². The van der Waals surface area contributed by atoms with Crippen LogP contribution in [0.15, 0.2) is 0 Å². The number of hydrogen-bond acceptors (Lipinski definition) is 2. The van der Waals surface area contributed by atoms with Crippen LogP contribution < -0.4 is 0 Å². The Balaban J connectivity index is 1.99. The second-order valence-corrected chi connectivity index (χ2v) is 5.10. The van der Waals surface area contributed by atoms with E-state index >= 15 is 0 Å². The highest BCUT2D eigenvalue weighted by Gasteiger charge is 2.37. The number of carbonyl (C=O) groups is 1. The van der Waals surface area contributed by atoms with Gasteiger partial charge in [0.2, 0.25) is 0 Å². The first-order valence-corrected chi connectivity index (χ1v) is 5.95. The first-order valence-electron chi connectivity index (χ1n) is 5.95. The van der Waals surface area contributed by atoms with E-state index in [1.807, 2.05) is 0 Å². The third-order valence-electron chi connectivity index (χ3n) is 3.99. The molecule has 0 aromatic rings. The largest absolute Gasteiger partial charge is 0.303 e. The molecule has 0 unspecified atom stereocenters. The lowest BCUT2D eigenvalue weighted by Crippen LogP contribution is -2.54. The molecule has 0 amide bonds. The van der Waals surface area contributed by atoms with Gasteiger partial charge in [-0.1, -0.05) is 6.42 Å². The Labute approximate surface area is 86.7 Å². The highest BCUT2D eigenvalue weighted by molar-refractivity contribution is 5.53. The van der Waals surface area contributed by atoms with Gasteiger partial charge in [-0.2, -0.15) is 0 Å². The molecule has 1 heterocycles. The summed E-state index contributed by atoms with van der Waals surface area (Å²) in [7, 11) is 0. The van der Waals surface area contributed by atoms with Crippen molar-refractivity contribution in [1.82, 2.24) is 4.90 Å². The monoisotopic (exact) mass is 195 g/mol. The van der Waals surface area contributed by atoms with Crippen molar-refractivity contribution in [2.24, 2.45) is 5.92 Å². The Kier molecular flexibility index (Phi) is 2.91. The molecule has 0 spiro atoms. The molecule has 2 nitrogen and oxygen atoms in total. The third-order valence-corrected chi connectivity index (χ3v) is 3.99. The molecule has 80 valence electrons. The highest BCUT2D eigenvalue weighted by Crippen LogP contribution is 2.35. The predicted octanol–water partition coefficient (Wildman–Crippen LogP) is 2.23. The number of piperidine rings is 1. The second kappa shape index (κ2) is 4.01. The fourth-order valence-electron chi connectivity index (χ4n) is 3.17. The maximum atomic E-state index is 10.8. The van der Waals surface area contributed by atoms with E-state index in [0.717, 1.165) is 25.2 Å². The standard InChI is InChI=1S/C12H21NO/c1-9-6-11(8-14)7-10(2)13(9)12-4-3-5-12/h8-12H,3-7H2,1-2H3/t9-,10-/m1/s1. The van der Waals surface area contributed by atoms with Crippen molar-refractivity contribution in [3.63, 3.8) is 0 Å². The van der Waals surface area contributed by atoms with E-state index in [4.69, 9.17) is 0 Å². The summed E-state index contributed by atoms with van der Waals surface area (Å²) in [5, 5.41) is 0. The minimum absolute atomic E-state index is 0.316. The lowest BCUT2D eigenvalue weighted by atomic mass is 9.82. The zero-order valence-electron chi connectivity index (χ0n) is 9.28. The minimum atomic E-state index is 0.316. The quantitative estimate of drug-likeness (QED) is 0.630. The Hall–Kier alpha value is -0.370. The average Bonchev–Trinajstić information content (AvgIpc) is 2.07. The summed E-state index contributed by atoms with van der Waals surface area (Å²) in [6.07, 6.45) is 7.46. The number of aldehydes is 1. The first kappa shape index (κ1) is 10.2. The summed E-state index contributed by atoms with van der Waals surface area (Å²) in [6, 6.07) is 2.05. The number of rotatable bonds is 2. The van der Waals surface area contributed by atoms with Gasteiger partial charge in [-0.3, -0.25) is 4.90 Å². The number of nitrogens with zero attached hydrogens (tertiary/aromatic N) is 1. The van der Waals surface area contributed by atoms with Gasteiger partial charge in [-0.15, -0.1) is 0 Å². The van der Waals surface area contributed by atoms with E-state index in [1.54, 1.807) is 0 Å². The summed E-state index contributed by atoms with van der Waals surface area (Å²) in [5.74, 6) is 0.316. The van der Waals surface area contributed by atoms with Crippen molar-refractivity contribution in [1.29, 1.82) is 0 Å². The fourth-order valence-corrected chi connectivity index (χ4v) is 3.17. The van der Waals surface area contributed by atoms with Crippen LogP contribution in [0.3, 0.4) is 0 Å². The minimum Gasteiger partial charge on any atom is -0.303 e. The second-order valence-electron chi connectivity index (χ2n) is 5.10. The molecule has 0 bridgehead atoms. The third kappa shape index (κ3) is 1.72. The molecule has 0 radical (unpaired) electrons. The summed E-state index contributed by atoms with van der Waals surface area (Å²) < 4.78 is 0. The Morgan fingerprint density at radius 1 is 1.14 bits per heavy atom. The van der Waals surface area contributed by atoms with Crippen LogP contribution in [-0.4, -0.2) is 29.3 Å². The van der Waals surface area contributed by atoms with E-state index in [1.165, 1.54) is 19.3 Å². The van der Waals surface area contributed by atoms with Gasteiger partial charge in [0.05, 0.1) is 0 Å². The number of carbonyl (C=O) groups excluding carboxylic acids is 1. The molecule has 2 fully saturated rings. The van der Waals surface area contributed by atoms with Crippen LogP contribution in [0.1, 0.15) is 46.0 Å². The molecule has 2 atom stereocenters. The SMILES string of the molecule is C[C@@H]1CC(C=O)C[C@@H](C)N1C1CCC1. The van der Waals surface area contributed by atoms with Crippen LogP contribution in [0, 0.1) is 5.92 Å². The molecule has 1 aliphatic heterocycles. The van der Waals surface area contributed by atoms with Gasteiger partial charge < -0.3 is 4.79 Å². The molecular weight excluding hydrogens is 174 g/mol. The zero-order valence-corrected chi connectivity index (χ0v) is 9.28. The number of likely N-dealkylation sites (tertiary alicyclic amines) is 1. The normalized spacial score (nSPS) is 40.6. The number of hydrogen-bond donors (Lipinski definition) is 0. The maximum Gasteiger partial charge on any atom is 0.123 e. The Bertz CT molecular complexity index is 200. The van der Waals surface area contributed by atoms with Crippen molar-refractivity contribution in [3.05, 3.63) is 0 Å². The van der Waals surface area contributed by atoms with E-state index in [2.05, 4.69) is 18.7 Å². The zero-order chi connectivity index (χ0) is 10.1.